The van der Waals surface area contributed by atoms with Gasteiger partial charge in [0.15, 0.2) is 0 Å². The third kappa shape index (κ3) is 3.97. The van der Waals surface area contributed by atoms with Crippen LogP contribution >= 0.6 is 0 Å². The first-order valence-corrected chi connectivity index (χ1v) is 8.50. The van der Waals surface area contributed by atoms with Crippen molar-refractivity contribution in [3.05, 3.63) is 35.6 Å². The maximum Gasteiger partial charge on any atom is 0.268 e. The molecule has 1 atom stereocenters. The van der Waals surface area contributed by atoms with E-state index in [0.29, 0.717) is 11.3 Å². The average molecular weight is 347 g/mol. The molecular formula is C18H20FN2O4-. The second-order valence-electron chi connectivity index (χ2n) is 6.66. The number of rotatable bonds is 5. The van der Waals surface area contributed by atoms with Gasteiger partial charge < -0.3 is 20.1 Å². The number of oxime groups is 1. The van der Waals surface area contributed by atoms with Gasteiger partial charge in [-0.25, -0.2) is 4.39 Å². The van der Waals surface area contributed by atoms with E-state index < -0.39 is 23.9 Å². The highest BCUT2D eigenvalue weighted by molar-refractivity contribution is 6.06. The largest absolute Gasteiger partial charge is 0.550 e. The van der Waals surface area contributed by atoms with Gasteiger partial charge in [-0.15, -0.1) is 0 Å². The van der Waals surface area contributed by atoms with Crippen molar-refractivity contribution >= 4 is 17.6 Å². The first-order chi connectivity index (χ1) is 12.0. The number of hydrogen-bond donors (Lipinski definition) is 1. The van der Waals surface area contributed by atoms with E-state index in [1.807, 2.05) is 0 Å². The van der Waals surface area contributed by atoms with Gasteiger partial charge in [0.2, 0.25) is 5.60 Å². The van der Waals surface area contributed by atoms with Crippen LogP contribution in [0.1, 0.15) is 50.5 Å². The van der Waals surface area contributed by atoms with Crippen LogP contribution in [0, 0.1) is 5.82 Å². The summed E-state index contributed by atoms with van der Waals surface area (Å²) in [6.07, 6.45) is 4.39. The molecule has 0 unspecified atom stereocenters. The Labute approximate surface area is 145 Å². The number of carboxylic acid groups (broad SMARTS) is 1. The predicted octanol–water partition coefficient (Wildman–Crippen LogP) is 1.28. The van der Waals surface area contributed by atoms with Crippen molar-refractivity contribution in [1.82, 2.24) is 5.32 Å². The van der Waals surface area contributed by atoms with E-state index in [9.17, 15) is 19.1 Å². The molecule has 7 heteroatoms. The van der Waals surface area contributed by atoms with Crippen LogP contribution in [0.25, 0.3) is 0 Å². The maximum absolute atomic E-state index is 13.1. The van der Waals surface area contributed by atoms with Gasteiger partial charge in [0.1, 0.15) is 5.82 Å². The Kier molecular flexibility index (Phi) is 5.01. The minimum absolute atomic E-state index is 0.00512. The monoisotopic (exact) mass is 347 g/mol. The first-order valence-electron chi connectivity index (χ1n) is 8.50. The number of carboxylic acids is 1. The van der Waals surface area contributed by atoms with Gasteiger partial charge in [-0.3, -0.25) is 4.79 Å². The molecule has 1 aliphatic carbocycles. The SMILES string of the molecule is O=C([O-])C[C@]1(C(=O)NC2CCCCC2)CC(c2ccc(F)cc2)=NO1. The molecule has 1 N–H and O–H groups in total. The van der Waals surface area contributed by atoms with Crippen molar-refractivity contribution in [3.8, 4) is 0 Å². The van der Waals surface area contributed by atoms with Crippen LogP contribution in [-0.2, 0) is 14.4 Å². The van der Waals surface area contributed by atoms with E-state index in [1.165, 1.54) is 24.3 Å². The Morgan fingerprint density at radius 1 is 1.24 bits per heavy atom. The third-order valence-electron chi connectivity index (χ3n) is 4.75. The van der Waals surface area contributed by atoms with Gasteiger partial charge in [0.25, 0.3) is 5.91 Å². The van der Waals surface area contributed by atoms with E-state index in [2.05, 4.69) is 10.5 Å². The standard InChI is InChI=1S/C18H21FN2O4/c19-13-8-6-12(7-9-13)15-10-18(25-21-15,11-16(22)23)17(24)20-14-4-2-1-3-5-14/h6-9,14H,1-5,10-11H2,(H,20,24)(H,22,23)/p-1/t18-/m0/s1. The second kappa shape index (κ2) is 7.21. The molecule has 25 heavy (non-hydrogen) atoms. The molecule has 1 heterocycles. The lowest BCUT2D eigenvalue weighted by Gasteiger charge is -2.30. The van der Waals surface area contributed by atoms with E-state index in [-0.39, 0.29) is 18.3 Å². The number of aliphatic carboxylic acids is 1. The van der Waals surface area contributed by atoms with Crippen LogP contribution in [0.2, 0.25) is 0 Å². The number of nitrogens with zero attached hydrogens (tertiary/aromatic N) is 1. The van der Waals surface area contributed by atoms with Crippen molar-refractivity contribution in [3.63, 3.8) is 0 Å². The Balaban J connectivity index is 1.75. The second-order valence-corrected chi connectivity index (χ2v) is 6.66. The predicted molar refractivity (Wildman–Crippen MR) is 86.0 cm³/mol. The molecule has 1 amide bonds. The van der Waals surface area contributed by atoms with Gasteiger partial charge in [-0.2, -0.15) is 0 Å². The highest BCUT2D eigenvalue weighted by Gasteiger charge is 2.47. The summed E-state index contributed by atoms with van der Waals surface area (Å²) in [5.41, 5.74) is -0.605. The molecule has 1 fully saturated rings. The number of amides is 1. The van der Waals surface area contributed by atoms with Gasteiger partial charge in [0.05, 0.1) is 5.71 Å². The van der Waals surface area contributed by atoms with Gasteiger partial charge in [-0.1, -0.05) is 36.6 Å². The summed E-state index contributed by atoms with van der Waals surface area (Å²) in [5.74, 6) is -2.25. The topological polar surface area (TPSA) is 90.8 Å². The van der Waals surface area contributed by atoms with Crippen LogP contribution in [0.3, 0.4) is 0 Å². The summed E-state index contributed by atoms with van der Waals surface area (Å²) in [4.78, 5) is 29.2. The lowest BCUT2D eigenvalue weighted by atomic mass is 9.88. The van der Waals surface area contributed by atoms with Crippen LogP contribution in [0.5, 0.6) is 0 Å². The molecule has 3 rings (SSSR count). The molecule has 6 nitrogen and oxygen atoms in total. The van der Waals surface area contributed by atoms with E-state index >= 15 is 0 Å². The van der Waals surface area contributed by atoms with Crippen molar-refractivity contribution in [1.29, 1.82) is 0 Å². The smallest absolute Gasteiger partial charge is 0.268 e. The Morgan fingerprint density at radius 3 is 2.56 bits per heavy atom. The Bertz CT molecular complexity index is 683. The molecule has 0 radical (unpaired) electrons. The molecular weight excluding hydrogens is 327 g/mol. The fourth-order valence-corrected chi connectivity index (χ4v) is 3.37. The molecule has 0 bridgehead atoms. The van der Waals surface area contributed by atoms with Crippen molar-refractivity contribution < 1.29 is 23.9 Å². The zero-order valence-corrected chi connectivity index (χ0v) is 13.8. The minimum atomic E-state index is -1.61. The number of benzene rings is 1. The molecule has 1 aromatic rings. The van der Waals surface area contributed by atoms with Crippen LogP contribution in [0.15, 0.2) is 29.4 Å². The quantitative estimate of drug-likeness (QED) is 0.869. The van der Waals surface area contributed by atoms with Crippen molar-refractivity contribution in [2.75, 3.05) is 0 Å². The lowest BCUT2D eigenvalue weighted by molar-refractivity contribution is -0.309. The Morgan fingerprint density at radius 2 is 1.92 bits per heavy atom. The highest BCUT2D eigenvalue weighted by atomic mass is 19.1. The summed E-state index contributed by atoms with van der Waals surface area (Å²) in [5, 5.41) is 18.0. The van der Waals surface area contributed by atoms with E-state index in [1.54, 1.807) is 0 Å². The molecule has 0 spiro atoms. The van der Waals surface area contributed by atoms with Gasteiger partial charge in [-0.05, 0) is 30.5 Å². The number of halogens is 1. The summed E-state index contributed by atoms with van der Waals surface area (Å²) < 4.78 is 13.1. The number of carbonyl (C=O) groups excluding carboxylic acids is 2. The van der Waals surface area contributed by atoms with Crippen LogP contribution in [0.4, 0.5) is 4.39 Å². The van der Waals surface area contributed by atoms with Crippen molar-refractivity contribution in [2.45, 2.75) is 56.6 Å². The lowest BCUT2D eigenvalue weighted by Crippen LogP contribution is -2.53. The Hall–Kier alpha value is -2.44. The van der Waals surface area contributed by atoms with Crippen molar-refractivity contribution in [2.24, 2.45) is 5.16 Å². The van der Waals surface area contributed by atoms with Gasteiger partial charge >= 0.3 is 0 Å². The minimum Gasteiger partial charge on any atom is -0.550 e. The third-order valence-corrected chi connectivity index (χ3v) is 4.75. The number of carbonyl (C=O) groups is 2. The summed E-state index contributed by atoms with van der Waals surface area (Å²) in [6, 6.07) is 5.62. The number of hydrogen-bond acceptors (Lipinski definition) is 5. The van der Waals surface area contributed by atoms with Gasteiger partial charge in [0, 0.05) is 24.9 Å². The summed E-state index contributed by atoms with van der Waals surface area (Å²) in [6.45, 7) is 0. The first kappa shape index (κ1) is 17.4. The average Bonchev–Trinajstić information content (AvgIpc) is 3.01. The van der Waals surface area contributed by atoms with Crippen LogP contribution in [-0.4, -0.2) is 29.2 Å². The molecule has 1 aromatic carbocycles. The fraction of sp³-hybridized carbons (Fsp3) is 0.500. The van der Waals surface area contributed by atoms with E-state index in [4.69, 9.17) is 4.84 Å². The molecule has 0 aromatic heterocycles. The highest BCUT2D eigenvalue weighted by Crippen LogP contribution is 2.31. The molecule has 134 valence electrons. The zero-order chi connectivity index (χ0) is 17.9. The normalized spacial score (nSPS) is 23.6. The van der Waals surface area contributed by atoms with E-state index in [0.717, 1.165) is 32.1 Å². The fourth-order valence-electron chi connectivity index (χ4n) is 3.37. The molecule has 2 aliphatic rings. The molecule has 1 saturated carbocycles. The summed E-state index contributed by atoms with van der Waals surface area (Å²) >= 11 is 0. The summed E-state index contributed by atoms with van der Waals surface area (Å²) in [7, 11) is 0. The zero-order valence-electron chi connectivity index (χ0n) is 13.8. The maximum atomic E-state index is 13.1. The van der Waals surface area contributed by atoms with Crippen LogP contribution < -0.4 is 10.4 Å². The molecule has 1 aliphatic heterocycles. The number of nitrogens with one attached hydrogen (secondary N) is 1. The molecule has 0 saturated heterocycles.